The van der Waals surface area contributed by atoms with Gasteiger partial charge < -0.3 is 9.88 Å². The molecule has 1 atom stereocenters. The third-order valence-electron chi connectivity index (χ3n) is 5.84. The minimum Gasteiger partial charge on any atom is -0.331 e. The van der Waals surface area contributed by atoms with E-state index in [1.165, 1.54) is 0 Å². The SMILES string of the molecule is Cc1nc2cc(NC(=O)CN3CCCC3c3nc(-c4cccnc4)n[nH]3)ccc2n1C. The maximum Gasteiger partial charge on any atom is 0.238 e. The van der Waals surface area contributed by atoms with Gasteiger partial charge in [0.15, 0.2) is 5.82 Å². The molecule has 3 aromatic heterocycles. The van der Waals surface area contributed by atoms with Crippen LogP contribution in [0.4, 0.5) is 5.69 Å². The number of pyridine rings is 1. The summed E-state index contributed by atoms with van der Waals surface area (Å²) in [6.07, 6.45) is 5.42. The molecule has 1 amide bonds. The third-order valence-corrected chi connectivity index (χ3v) is 5.84. The van der Waals surface area contributed by atoms with E-state index >= 15 is 0 Å². The summed E-state index contributed by atoms with van der Waals surface area (Å²) in [5.41, 5.74) is 3.55. The zero-order valence-corrected chi connectivity index (χ0v) is 17.5. The average Bonchev–Trinajstić information content (AvgIpc) is 3.49. The minimum absolute atomic E-state index is 0.0459. The molecular weight excluding hydrogens is 392 g/mol. The zero-order valence-electron chi connectivity index (χ0n) is 17.5. The molecule has 0 spiro atoms. The summed E-state index contributed by atoms with van der Waals surface area (Å²) < 4.78 is 2.03. The van der Waals surface area contributed by atoms with Crippen molar-refractivity contribution >= 4 is 22.6 Å². The topological polar surface area (TPSA) is 105 Å². The first-order valence-electron chi connectivity index (χ1n) is 10.4. The lowest BCUT2D eigenvalue weighted by Gasteiger charge is -2.21. The van der Waals surface area contributed by atoms with Crippen molar-refractivity contribution in [3.8, 4) is 11.4 Å². The van der Waals surface area contributed by atoms with Gasteiger partial charge >= 0.3 is 0 Å². The number of H-pyrrole nitrogens is 1. The molecule has 4 heterocycles. The molecule has 4 aromatic rings. The van der Waals surface area contributed by atoms with Crippen LogP contribution in [-0.4, -0.2) is 53.6 Å². The van der Waals surface area contributed by atoms with Crippen LogP contribution in [0.15, 0.2) is 42.7 Å². The van der Waals surface area contributed by atoms with Crippen LogP contribution in [0, 0.1) is 6.92 Å². The first-order valence-corrected chi connectivity index (χ1v) is 10.4. The molecule has 0 radical (unpaired) electrons. The van der Waals surface area contributed by atoms with E-state index < -0.39 is 0 Å². The number of nitrogens with one attached hydrogen (secondary N) is 2. The lowest BCUT2D eigenvalue weighted by molar-refractivity contribution is -0.117. The Labute approximate surface area is 179 Å². The number of aryl methyl sites for hydroxylation is 2. The highest BCUT2D eigenvalue weighted by atomic mass is 16.2. The van der Waals surface area contributed by atoms with E-state index in [4.69, 9.17) is 0 Å². The van der Waals surface area contributed by atoms with Gasteiger partial charge in [0.1, 0.15) is 11.6 Å². The van der Waals surface area contributed by atoms with E-state index in [9.17, 15) is 4.79 Å². The Kier molecular flexibility index (Phi) is 4.95. The van der Waals surface area contributed by atoms with Crippen molar-refractivity contribution in [1.29, 1.82) is 0 Å². The van der Waals surface area contributed by atoms with Crippen LogP contribution in [0.5, 0.6) is 0 Å². The summed E-state index contributed by atoms with van der Waals surface area (Å²) >= 11 is 0. The van der Waals surface area contributed by atoms with Gasteiger partial charge in [-0.2, -0.15) is 5.10 Å². The van der Waals surface area contributed by atoms with Crippen molar-refractivity contribution in [2.75, 3.05) is 18.4 Å². The van der Waals surface area contributed by atoms with Gasteiger partial charge in [-0.15, -0.1) is 0 Å². The average molecular weight is 416 g/mol. The van der Waals surface area contributed by atoms with E-state index in [-0.39, 0.29) is 11.9 Å². The second kappa shape index (κ2) is 7.92. The molecule has 1 aliphatic rings. The maximum absolute atomic E-state index is 12.7. The Morgan fingerprint density at radius 2 is 2.19 bits per heavy atom. The molecule has 1 saturated heterocycles. The highest BCUT2D eigenvalue weighted by Gasteiger charge is 2.30. The predicted molar refractivity (Wildman–Crippen MR) is 117 cm³/mol. The molecule has 1 aromatic carbocycles. The van der Waals surface area contributed by atoms with Gasteiger partial charge in [-0.05, 0) is 56.6 Å². The summed E-state index contributed by atoms with van der Waals surface area (Å²) in [7, 11) is 1.99. The summed E-state index contributed by atoms with van der Waals surface area (Å²) in [4.78, 5) is 28.2. The van der Waals surface area contributed by atoms with Gasteiger partial charge in [0.2, 0.25) is 5.91 Å². The van der Waals surface area contributed by atoms with Gasteiger partial charge in [-0.3, -0.25) is 19.8 Å². The number of amides is 1. The Morgan fingerprint density at radius 3 is 3.03 bits per heavy atom. The molecule has 9 nitrogen and oxygen atoms in total. The van der Waals surface area contributed by atoms with Gasteiger partial charge in [0.25, 0.3) is 0 Å². The molecule has 0 saturated carbocycles. The third kappa shape index (κ3) is 3.79. The fourth-order valence-corrected chi connectivity index (χ4v) is 4.16. The largest absolute Gasteiger partial charge is 0.331 e. The number of hydrogen-bond acceptors (Lipinski definition) is 6. The van der Waals surface area contributed by atoms with Gasteiger partial charge in [-0.25, -0.2) is 9.97 Å². The van der Waals surface area contributed by atoms with Crippen molar-refractivity contribution in [2.45, 2.75) is 25.8 Å². The molecule has 1 unspecified atom stereocenters. The fraction of sp³-hybridized carbons (Fsp3) is 0.318. The Morgan fingerprint density at radius 1 is 1.29 bits per heavy atom. The van der Waals surface area contributed by atoms with Gasteiger partial charge in [0.05, 0.1) is 23.6 Å². The second-order valence-electron chi connectivity index (χ2n) is 7.88. The number of benzene rings is 1. The van der Waals surface area contributed by atoms with Crippen LogP contribution in [0.25, 0.3) is 22.4 Å². The van der Waals surface area contributed by atoms with Crippen LogP contribution in [0.2, 0.25) is 0 Å². The lowest BCUT2D eigenvalue weighted by Crippen LogP contribution is -2.33. The maximum atomic E-state index is 12.7. The van der Waals surface area contributed by atoms with E-state index in [1.54, 1.807) is 12.4 Å². The number of imidazole rings is 1. The summed E-state index contributed by atoms with van der Waals surface area (Å²) in [5.74, 6) is 2.30. The fourth-order valence-electron chi connectivity index (χ4n) is 4.16. The molecule has 1 fully saturated rings. The number of rotatable bonds is 5. The molecule has 0 bridgehead atoms. The smallest absolute Gasteiger partial charge is 0.238 e. The molecule has 2 N–H and O–H groups in total. The van der Waals surface area contributed by atoms with Crippen LogP contribution in [0.1, 0.15) is 30.5 Å². The van der Waals surface area contributed by atoms with Crippen molar-refractivity contribution in [3.63, 3.8) is 0 Å². The molecule has 158 valence electrons. The molecule has 1 aliphatic heterocycles. The Bertz CT molecular complexity index is 1230. The minimum atomic E-state index is -0.0501. The van der Waals surface area contributed by atoms with E-state index in [0.717, 1.165) is 53.3 Å². The van der Waals surface area contributed by atoms with Crippen LogP contribution in [-0.2, 0) is 11.8 Å². The number of nitrogens with zero attached hydrogens (tertiary/aromatic N) is 6. The molecule has 31 heavy (non-hydrogen) atoms. The van der Waals surface area contributed by atoms with Gasteiger partial charge in [-0.1, -0.05) is 0 Å². The first-order chi connectivity index (χ1) is 15.1. The Hall–Kier alpha value is -3.59. The number of carbonyl (C=O) groups is 1. The molecule has 0 aliphatic carbocycles. The highest BCUT2D eigenvalue weighted by Crippen LogP contribution is 2.30. The van der Waals surface area contributed by atoms with E-state index in [1.807, 2.05) is 48.9 Å². The van der Waals surface area contributed by atoms with Gasteiger partial charge in [0, 0.05) is 30.7 Å². The molecule has 5 rings (SSSR count). The van der Waals surface area contributed by atoms with Crippen LogP contribution in [0.3, 0.4) is 0 Å². The van der Waals surface area contributed by atoms with Crippen LogP contribution < -0.4 is 5.32 Å². The quantitative estimate of drug-likeness (QED) is 0.518. The second-order valence-corrected chi connectivity index (χ2v) is 7.88. The van der Waals surface area contributed by atoms with E-state index in [0.29, 0.717) is 12.4 Å². The number of hydrogen-bond donors (Lipinski definition) is 2. The number of likely N-dealkylation sites (tertiary alicyclic amines) is 1. The number of aromatic amines is 1. The summed E-state index contributed by atoms with van der Waals surface area (Å²) in [6, 6.07) is 9.65. The molecular formula is C22H24N8O. The monoisotopic (exact) mass is 416 g/mol. The molecule has 9 heteroatoms. The first kappa shape index (κ1) is 19.4. The standard InChI is InChI=1S/C22H24N8O/c1-14-24-17-11-16(7-8-18(17)29(14)2)25-20(31)13-30-10-4-6-19(30)22-26-21(27-28-22)15-5-3-9-23-12-15/h3,5,7-9,11-12,19H,4,6,10,13H2,1-2H3,(H,25,31)(H,26,27,28). The van der Waals surface area contributed by atoms with E-state index in [2.05, 4.69) is 35.4 Å². The number of fused-ring (bicyclic) bond motifs is 1. The van der Waals surface area contributed by atoms with Crippen molar-refractivity contribution in [2.24, 2.45) is 7.05 Å². The number of aromatic nitrogens is 6. The predicted octanol–water partition coefficient (Wildman–Crippen LogP) is 2.84. The Balaban J connectivity index is 1.27. The number of carbonyl (C=O) groups excluding carboxylic acids is 1. The lowest BCUT2D eigenvalue weighted by atomic mass is 10.2. The highest BCUT2D eigenvalue weighted by molar-refractivity contribution is 5.94. The van der Waals surface area contributed by atoms with Crippen molar-refractivity contribution < 1.29 is 4.79 Å². The number of anilines is 1. The zero-order chi connectivity index (χ0) is 21.4. The van der Waals surface area contributed by atoms with Crippen LogP contribution >= 0.6 is 0 Å². The van der Waals surface area contributed by atoms with Crippen molar-refractivity contribution in [3.05, 3.63) is 54.4 Å². The summed E-state index contributed by atoms with van der Waals surface area (Å²) in [6.45, 7) is 3.11. The normalized spacial score (nSPS) is 16.8. The summed E-state index contributed by atoms with van der Waals surface area (Å²) in [5, 5.41) is 10.4. The van der Waals surface area contributed by atoms with Crippen molar-refractivity contribution in [1.82, 2.24) is 34.6 Å².